The molecule has 1 amide bonds. The topological polar surface area (TPSA) is 54.0 Å². The molecule has 0 spiro atoms. The molecule has 1 aromatic heterocycles. The number of pyridine rings is 1. The van der Waals surface area contributed by atoms with E-state index in [2.05, 4.69) is 15.6 Å². The molecule has 0 aliphatic heterocycles. The maximum Gasteiger partial charge on any atom is 0.416 e. The van der Waals surface area contributed by atoms with Crippen LogP contribution in [0.5, 0.6) is 0 Å². The Hall–Kier alpha value is -3.97. The van der Waals surface area contributed by atoms with Crippen LogP contribution >= 0.6 is 0 Å². The molecule has 0 saturated heterocycles. The van der Waals surface area contributed by atoms with Gasteiger partial charge >= 0.3 is 6.18 Å². The van der Waals surface area contributed by atoms with Gasteiger partial charge in [0.1, 0.15) is 0 Å². The minimum Gasteiger partial charge on any atom is -0.322 e. The molecule has 7 heteroatoms. The first kappa shape index (κ1) is 25.7. The van der Waals surface area contributed by atoms with Crippen LogP contribution in [-0.4, -0.2) is 16.9 Å². The number of benzene rings is 3. The van der Waals surface area contributed by atoms with Crippen LogP contribution < -0.4 is 10.6 Å². The molecule has 1 heterocycles. The Morgan fingerprint density at radius 3 is 2.39 bits per heavy atom. The lowest BCUT2D eigenvalue weighted by Gasteiger charge is -2.15. The monoisotopic (exact) mass is 515 g/mol. The summed E-state index contributed by atoms with van der Waals surface area (Å²) >= 11 is 0. The molecule has 0 radical (unpaired) electrons. The average molecular weight is 516 g/mol. The van der Waals surface area contributed by atoms with Crippen molar-refractivity contribution in [2.75, 3.05) is 5.32 Å². The van der Waals surface area contributed by atoms with Crippen molar-refractivity contribution in [3.63, 3.8) is 0 Å². The lowest BCUT2D eigenvalue weighted by molar-refractivity contribution is -0.137. The van der Waals surface area contributed by atoms with E-state index in [0.717, 1.165) is 41.9 Å². The van der Waals surface area contributed by atoms with Crippen molar-refractivity contribution in [3.8, 4) is 11.1 Å². The molecule has 1 aliphatic rings. The second kappa shape index (κ2) is 10.4. The second-order valence-electron chi connectivity index (χ2n) is 9.77. The van der Waals surface area contributed by atoms with Gasteiger partial charge in [-0.1, -0.05) is 36.4 Å². The normalized spacial score (nSPS) is 14.8. The van der Waals surface area contributed by atoms with Gasteiger partial charge in [0, 0.05) is 29.5 Å². The molecule has 4 nitrogen and oxygen atoms in total. The number of hydrogen-bond donors (Lipinski definition) is 2. The summed E-state index contributed by atoms with van der Waals surface area (Å²) in [6, 6.07) is 22.5. The highest BCUT2D eigenvalue weighted by Gasteiger charge is 2.30. The minimum absolute atomic E-state index is 0.293. The molecule has 2 N–H and O–H groups in total. The van der Waals surface area contributed by atoms with Crippen molar-refractivity contribution >= 4 is 11.6 Å². The van der Waals surface area contributed by atoms with Crippen molar-refractivity contribution < 1.29 is 18.0 Å². The molecular formula is C31H28F3N3O. The van der Waals surface area contributed by atoms with Crippen molar-refractivity contribution in [1.82, 2.24) is 10.3 Å². The maximum atomic E-state index is 13.3. The first-order valence-electron chi connectivity index (χ1n) is 12.5. The van der Waals surface area contributed by atoms with E-state index in [1.54, 1.807) is 12.1 Å². The van der Waals surface area contributed by atoms with Crippen LogP contribution in [0.3, 0.4) is 0 Å². The molecule has 0 bridgehead atoms. The molecule has 1 aliphatic carbocycles. The Balaban J connectivity index is 1.30. The van der Waals surface area contributed by atoms with E-state index < -0.39 is 11.7 Å². The summed E-state index contributed by atoms with van der Waals surface area (Å²) in [5.74, 6) is -0.304. The van der Waals surface area contributed by atoms with Crippen LogP contribution in [0.2, 0.25) is 0 Å². The molecule has 0 unspecified atom stereocenters. The van der Waals surface area contributed by atoms with Gasteiger partial charge in [-0.2, -0.15) is 13.2 Å². The third-order valence-electron chi connectivity index (χ3n) is 6.93. The number of nitrogens with zero attached hydrogens (tertiary/aromatic N) is 1. The largest absolute Gasteiger partial charge is 0.416 e. The highest BCUT2D eigenvalue weighted by Crippen LogP contribution is 2.34. The quantitative estimate of drug-likeness (QED) is 0.294. The van der Waals surface area contributed by atoms with Crippen LogP contribution in [0.4, 0.5) is 18.9 Å². The molecule has 38 heavy (non-hydrogen) atoms. The van der Waals surface area contributed by atoms with Gasteiger partial charge in [-0.05, 0) is 97.0 Å². The number of alkyl halides is 3. The zero-order valence-corrected chi connectivity index (χ0v) is 21.2. The van der Waals surface area contributed by atoms with Crippen LogP contribution in [0.25, 0.3) is 11.1 Å². The van der Waals surface area contributed by atoms with Gasteiger partial charge < -0.3 is 10.6 Å². The van der Waals surface area contributed by atoms with Gasteiger partial charge in [0.15, 0.2) is 0 Å². The summed E-state index contributed by atoms with van der Waals surface area (Å²) in [6.07, 6.45) is -2.65. The number of halogens is 3. The number of carbonyl (C=O) groups is 1. The molecule has 0 saturated carbocycles. The number of anilines is 1. The van der Waals surface area contributed by atoms with Crippen LogP contribution in [0, 0.1) is 13.8 Å². The van der Waals surface area contributed by atoms with E-state index in [1.807, 2.05) is 56.3 Å². The first-order chi connectivity index (χ1) is 18.2. The summed E-state index contributed by atoms with van der Waals surface area (Å²) in [4.78, 5) is 17.9. The molecule has 5 rings (SSSR count). The lowest BCUT2D eigenvalue weighted by Crippen LogP contribution is -2.29. The average Bonchev–Trinajstić information content (AvgIpc) is 3.29. The standard InChI is InChI=1S/C31H28F3N3O/c1-19-5-3-8-28(29(19)21-9-12-24(13-10-21)31(32,33)34)30(38)37-25-14-11-22-15-27(17-23(22)16-25)35-18-26-7-4-6-20(2)36-26/h3-14,16,27,35H,15,17-18H2,1-2H3,(H,37,38)/t27-/m1/s1. The molecule has 1 atom stereocenters. The van der Waals surface area contributed by atoms with Crippen molar-refractivity contribution in [2.45, 2.75) is 45.5 Å². The zero-order valence-electron chi connectivity index (χ0n) is 21.2. The summed E-state index contributed by atoms with van der Waals surface area (Å²) in [7, 11) is 0. The zero-order chi connectivity index (χ0) is 26.9. The molecule has 3 aromatic carbocycles. The van der Waals surface area contributed by atoms with Gasteiger partial charge in [0.05, 0.1) is 11.3 Å². The SMILES string of the molecule is Cc1cccc(CN[C@@H]2Cc3ccc(NC(=O)c4cccc(C)c4-c4ccc(C(F)(F)F)cc4)cc3C2)n1. The maximum absolute atomic E-state index is 13.3. The minimum atomic E-state index is -4.41. The smallest absolute Gasteiger partial charge is 0.322 e. The Kier molecular flexibility index (Phi) is 7.04. The number of nitrogens with one attached hydrogen (secondary N) is 2. The third-order valence-corrected chi connectivity index (χ3v) is 6.93. The number of rotatable bonds is 6. The first-order valence-corrected chi connectivity index (χ1v) is 12.5. The Morgan fingerprint density at radius 1 is 0.921 bits per heavy atom. The van der Waals surface area contributed by atoms with Crippen molar-refractivity contribution in [1.29, 1.82) is 0 Å². The summed E-state index contributed by atoms with van der Waals surface area (Å²) in [6.45, 7) is 4.52. The van der Waals surface area contributed by atoms with E-state index in [0.29, 0.717) is 35.0 Å². The number of aromatic nitrogens is 1. The summed E-state index contributed by atoms with van der Waals surface area (Å²) in [5.41, 5.74) is 6.81. The molecule has 0 fully saturated rings. The predicted octanol–water partition coefficient (Wildman–Crippen LogP) is 6.89. The number of amides is 1. The van der Waals surface area contributed by atoms with E-state index in [-0.39, 0.29) is 5.91 Å². The third kappa shape index (κ3) is 5.63. The molecular weight excluding hydrogens is 487 g/mol. The van der Waals surface area contributed by atoms with Gasteiger partial charge in [-0.15, -0.1) is 0 Å². The Morgan fingerprint density at radius 2 is 1.66 bits per heavy atom. The van der Waals surface area contributed by atoms with Crippen LogP contribution in [0.15, 0.2) is 78.9 Å². The Labute approximate surface area is 219 Å². The fourth-order valence-corrected chi connectivity index (χ4v) is 5.05. The fraction of sp³-hybridized carbons (Fsp3) is 0.226. The van der Waals surface area contributed by atoms with Crippen LogP contribution in [-0.2, 0) is 25.6 Å². The predicted molar refractivity (Wildman–Crippen MR) is 143 cm³/mol. The number of hydrogen-bond acceptors (Lipinski definition) is 3. The summed E-state index contributed by atoms with van der Waals surface area (Å²) in [5, 5.41) is 6.57. The number of carbonyl (C=O) groups excluding carboxylic acids is 1. The lowest BCUT2D eigenvalue weighted by atomic mass is 9.93. The van der Waals surface area contributed by atoms with Gasteiger partial charge in [0.2, 0.25) is 0 Å². The van der Waals surface area contributed by atoms with Gasteiger partial charge in [0.25, 0.3) is 5.91 Å². The second-order valence-corrected chi connectivity index (χ2v) is 9.77. The summed E-state index contributed by atoms with van der Waals surface area (Å²) < 4.78 is 39.1. The van der Waals surface area contributed by atoms with E-state index in [9.17, 15) is 18.0 Å². The van der Waals surface area contributed by atoms with E-state index in [4.69, 9.17) is 0 Å². The van der Waals surface area contributed by atoms with Gasteiger partial charge in [-0.3, -0.25) is 9.78 Å². The highest BCUT2D eigenvalue weighted by molar-refractivity contribution is 6.09. The van der Waals surface area contributed by atoms with Crippen LogP contribution in [0.1, 0.15) is 44.0 Å². The number of fused-ring (bicyclic) bond motifs is 1. The molecule has 194 valence electrons. The van der Waals surface area contributed by atoms with Gasteiger partial charge in [-0.25, -0.2) is 0 Å². The van der Waals surface area contributed by atoms with E-state index >= 15 is 0 Å². The van der Waals surface area contributed by atoms with E-state index in [1.165, 1.54) is 23.3 Å². The fourth-order valence-electron chi connectivity index (χ4n) is 5.05. The van der Waals surface area contributed by atoms with Crippen molar-refractivity contribution in [2.24, 2.45) is 0 Å². The highest BCUT2D eigenvalue weighted by atomic mass is 19.4. The Bertz CT molecular complexity index is 1480. The number of aryl methyl sites for hydroxylation is 2. The molecule has 4 aromatic rings. The van der Waals surface area contributed by atoms with Crippen molar-refractivity contribution in [3.05, 3.63) is 118 Å².